The predicted octanol–water partition coefficient (Wildman–Crippen LogP) is 2.10. The lowest BCUT2D eigenvalue weighted by Crippen LogP contribution is -2.07. The van der Waals surface area contributed by atoms with Gasteiger partial charge in [-0.2, -0.15) is 5.11 Å². The average molecular weight is 220 g/mol. The summed E-state index contributed by atoms with van der Waals surface area (Å²) in [5.74, 6) is 0.767. The molecule has 0 saturated heterocycles. The van der Waals surface area contributed by atoms with E-state index < -0.39 is 0 Å². The average Bonchev–Trinajstić information content (AvgIpc) is 2.35. The molecule has 0 unspecified atom stereocenters. The molecule has 0 heterocycles. The van der Waals surface area contributed by atoms with Crippen molar-refractivity contribution in [3.8, 4) is 5.75 Å². The Morgan fingerprint density at radius 1 is 1.56 bits per heavy atom. The van der Waals surface area contributed by atoms with Crippen molar-refractivity contribution in [3.63, 3.8) is 0 Å². The molecule has 0 amide bonds. The van der Waals surface area contributed by atoms with Crippen LogP contribution in [0.15, 0.2) is 41.3 Å². The molecule has 0 atom stereocenters. The topological polar surface area (TPSA) is 63.2 Å². The van der Waals surface area contributed by atoms with Crippen molar-refractivity contribution >= 4 is 5.69 Å². The summed E-state index contributed by atoms with van der Waals surface area (Å²) in [5.41, 5.74) is 7.40. The van der Waals surface area contributed by atoms with Gasteiger partial charge in [-0.15, -0.1) is 0 Å². The highest BCUT2D eigenvalue weighted by Gasteiger charge is 2.06. The van der Waals surface area contributed by atoms with E-state index in [9.17, 15) is 0 Å². The zero-order valence-corrected chi connectivity index (χ0v) is 9.55. The molecule has 0 spiro atoms. The first-order chi connectivity index (χ1) is 7.76. The van der Waals surface area contributed by atoms with Crippen LogP contribution in [0.3, 0.4) is 0 Å². The van der Waals surface area contributed by atoms with Gasteiger partial charge in [-0.3, -0.25) is 0 Å². The predicted molar refractivity (Wildman–Crippen MR) is 64.3 cm³/mol. The van der Waals surface area contributed by atoms with E-state index in [1.54, 1.807) is 25.4 Å². The standard InChI is InChI=1S/C11H16N4O/c1-4-15(14-13-2)10-5-6-11(16-3)9(7-10)8-12/h4-7H,1,8,12H2,2-3H3. The van der Waals surface area contributed by atoms with Crippen LogP contribution in [0.1, 0.15) is 5.56 Å². The van der Waals surface area contributed by atoms with Gasteiger partial charge in [0.05, 0.1) is 19.8 Å². The van der Waals surface area contributed by atoms with Gasteiger partial charge in [0.1, 0.15) is 5.75 Å². The van der Waals surface area contributed by atoms with E-state index in [0.717, 1.165) is 17.0 Å². The Labute approximate surface area is 95.2 Å². The third-order valence-electron chi connectivity index (χ3n) is 2.11. The van der Waals surface area contributed by atoms with Gasteiger partial charge in [-0.25, -0.2) is 5.01 Å². The Hall–Kier alpha value is -1.88. The summed E-state index contributed by atoms with van der Waals surface area (Å²) in [6.07, 6.45) is 1.58. The lowest BCUT2D eigenvalue weighted by molar-refractivity contribution is 0.410. The molecule has 1 aromatic carbocycles. The molecule has 2 N–H and O–H groups in total. The summed E-state index contributed by atoms with van der Waals surface area (Å²) < 4.78 is 5.19. The number of hydrogen-bond donors (Lipinski definition) is 1. The van der Waals surface area contributed by atoms with Gasteiger partial charge in [0, 0.05) is 18.3 Å². The van der Waals surface area contributed by atoms with Crippen LogP contribution in [0.25, 0.3) is 0 Å². The van der Waals surface area contributed by atoms with Crippen LogP contribution in [0.2, 0.25) is 0 Å². The number of benzene rings is 1. The fourth-order valence-electron chi connectivity index (χ4n) is 1.36. The number of nitrogens with two attached hydrogens (primary N) is 1. The molecule has 86 valence electrons. The summed E-state index contributed by atoms with van der Waals surface area (Å²) in [7, 11) is 3.22. The maximum atomic E-state index is 5.63. The van der Waals surface area contributed by atoms with E-state index in [0.29, 0.717) is 6.54 Å². The van der Waals surface area contributed by atoms with E-state index in [2.05, 4.69) is 16.9 Å². The molecular weight excluding hydrogens is 204 g/mol. The highest BCUT2D eigenvalue weighted by Crippen LogP contribution is 2.25. The second-order valence-electron chi connectivity index (χ2n) is 3.02. The second kappa shape index (κ2) is 5.87. The Balaban J connectivity index is 3.10. The largest absolute Gasteiger partial charge is 0.496 e. The number of ether oxygens (including phenoxy) is 1. The van der Waals surface area contributed by atoms with Crippen LogP contribution in [0, 0.1) is 0 Å². The van der Waals surface area contributed by atoms with Crippen LogP contribution in [-0.4, -0.2) is 14.2 Å². The van der Waals surface area contributed by atoms with E-state index in [-0.39, 0.29) is 0 Å². The van der Waals surface area contributed by atoms with Crippen LogP contribution in [-0.2, 0) is 6.54 Å². The molecule has 0 aliphatic carbocycles. The van der Waals surface area contributed by atoms with Gasteiger partial charge >= 0.3 is 0 Å². The lowest BCUT2D eigenvalue weighted by atomic mass is 10.1. The van der Waals surface area contributed by atoms with Crippen molar-refractivity contribution in [1.29, 1.82) is 0 Å². The molecule has 1 rings (SSSR count). The first-order valence-corrected chi connectivity index (χ1v) is 4.85. The number of methoxy groups -OCH3 is 1. The highest BCUT2D eigenvalue weighted by atomic mass is 16.5. The summed E-state index contributed by atoms with van der Waals surface area (Å²) >= 11 is 0. The lowest BCUT2D eigenvalue weighted by Gasteiger charge is -2.14. The quantitative estimate of drug-likeness (QED) is 0.610. The van der Waals surface area contributed by atoms with Crippen LogP contribution >= 0.6 is 0 Å². The third-order valence-corrected chi connectivity index (χ3v) is 2.11. The van der Waals surface area contributed by atoms with Crippen molar-refractivity contribution in [2.24, 2.45) is 16.1 Å². The van der Waals surface area contributed by atoms with Crippen LogP contribution in [0.5, 0.6) is 5.75 Å². The number of nitrogens with zero attached hydrogens (tertiary/aromatic N) is 3. The zero-order valence-electron chi connectivity index (χ0n) is 9.55. The number of rotatable bonds is 5. The normalized spacial score (nSPS) is 10.4. The molecule has 1 aromatic rings. The Bertz CT molecular complexity index is 390. The molecule has 0 fully saturated rings. The van der Waals surface area contributed by atoms with Crippen molar-refractivity contribution < 1.29 is 4.74 Å². The van der Waals surface area contributed by atoms with Gasteiger partial charge in [0.2, 0.25) is 0 Å². The first kappa shape index (κ1) is 12.2. The summed E-state index contributed by atoms with van der Waals surface area (Å²) in [6, 6.07) is 5.61. The smallest absolute Gasteiger partial charge is 0.123 e. The Kier molecular flexibility index (Phi) is 4.47. The van der Waals surface area contributed by atoms with Crippen LogP contribution in [0.4, 0.5) is 5.69 Å². The first-order valence-electron chi connectivity index (χ1n) is 4.85. The molecule has 5 nitrogen and oxygen atoms in total. The Morgan fingerprint density at radius 3 is 2.81 bits per heavy atom. The monoisotopic (exact) mass is 220 g/mol. The molecular formula is C11H16N4O. The summed E-state index contributed by atoms with van der Waals surface area (Å²) in [6.45, 7) is 4.07. The van der Waals surface area contributed by atoms with Gasteiger partial charge in [-0.1, -0.05) is 11.8 Å². The van der Waals surface area contributed by atoms with Crippen molar-refractivity contribution in [1.82, 2.24) is 0 Å². The van der Waals surface area contributed by atoms with Crippen molar-refractivity contribution in [2.45, 2.75) is 6.54 Å². The molecule has 16 heavy (non-hydrogen) atoms. The van der Waals surface area contributed by atoms with Gasteiger partial charge < -0.3 is 10.5 Å². The number of hydrogen-bond acceptors (Lipinski definition) is 4. The highest BCUT2D eigenvalue weighted by molar-refractivity contribution is 5.54. The molecule has 0 saturated carbocycles. The minimum absolute atomic E-state index is 0.408. The molecule has 0 aliphatic heterocycles. The van der Waals surface area contributed by atoms with E-state index in [4.69, 9.17) is 10.5 Å². The fourth-order valence-corrected chi connectivity index (χ4v) is 1.36. The fraction of sp³-hybridized carbons (Fsp3) is 0.273. The van der Waals surface area contributed by atoms with E-state index in [1.807, 2.05) is 18.2 Å². The summed E-state index contributed by atoms with van der Waals surface area (Å²) in [5, 5.41) is 9.17. The Morgan fingerprint density at radius 2 is 2.31 bits per heavy atom. The molecule has 0 bridgehead atoms. The minimum Gasteiger partial charge on any atom is -0.496 e. The minimum atomic E-state index is 0.408. The van der Waals surface area contributed by atoms with Gasteiger partial charge in [0.25, 0.3) is 0 Å². The second-order valence-corrected chi connectivity index (χ2v) is 3.02. The molecule has 0 aromatic heterocycles. The van der Waals surface area contributed by atoms with Crippen molar-refractivity contribution in [2.75, 3.05) is 19.2 Å². The summed E-state index contributed by atoms with van der Waals surface area (Å²) in [4.78, 5) is 0. The zero-order chi connectivity index (χ0) is 12.0. The SMILES string of the molecule is C=CN(N=NC)c1ccc(OC)c(CN)c1. The van der Waals surface area contributed by atoms with Crippen molar-refractivity contribution in [3.05, 3.63) is 36.5 Å². The van der Waals surface area contributed by atoms with Gasteiger partial charge in [0.15, 0.2) is 0 Å². The number of anilines is 1. The van der Waals surface area contributed by atoms with E-state index in [1.165, 1.54) is 0 Å². The molecule has 0 aliphatic rings. The molecule has 0 radical (unpaired) electrons. The van der Waals surface area contributed by atoms with E-state index >= 15 is 0 Å². The third kappa shape index (κ3) is 2.58. The maximum absolute atomic E-state index is 5.63. The maximum Gasteiger partial charge on any atom is 0.123 e. The van der Waals surface area contributed by atoms with Gasteiger partial charge in [-0.05, 0) is 18.2 Å². The molecule has 5 heteroatoms. The van der Waals surface area contributed by atoms with Crippen LogP contribution < -0.4 is 15.5 Å².